The maximum atomic E-state index is 13.5. The first-order valence-electron chi connectivity index (χ1n) is 11.4. The Morgan fingerprint density at radius 3 is 2.25 bits per heavy atom. The van der Waals surface area contributed by atoms with Crippen LogP contribution >= 0.6 is 0 Å². The van der Waals surface area contributed by atoms with Gasteiger partial charge in [0, 0.05) is 19.6 Å². The Balaban J connectivity index is 2.18. The number of carbonyl (C=O) groups excluding carboxylic acids is 4. The summed E-state index contributed by atoms with van der Waals surface area (Å²) < 4.78 is 5.34. The van der Waals surface area contributed by atoms with E-state index in [2.05, 4.69) is 5.32 Å². The lowest BCUT2D eigenvalue weighted by atomic mass is 9.83. The highest BCUT2D eigenvalue weighted by Crippen LogP contribution is 2.29. The number of carbonyl (C=O) groups is 4. The number of nitrogens with zero attached hydrogens (tertiary/aromatic N) is 2. The number of likely N-dealkylation sites (N-methyl/N-ethyl adjacent to an activating group) is 1. The Kier molecular flexibility index (Phi) is 8.50. The minimum absolute atomic E-state index is 0.0513. The van der Waals surface area contributed by atoms with E-state index in [9.17, 15) is 19.2 Å². The van der Waals surface area contributed by atoms with Crippen LogP contribution in [0, 0.1) is 5.92 Å². The maximum absolute atomic E-state index is 13.5. The molecule has 1 heterocycles. The van der Waals surface area contributed by atoms with Crippen molar-refractivity contribution in [3.63, 3.8) is 0 Å². The molecule has 10 heteroatoms. The Morgan fingerprint density at radius 2 is 1.72 bits per heavy atom. The predicted molar refractivity (Wildman–Crippen MR) is 119 cm³/mol. The average molecular weight is 454 g/mol. The highest BCUT2D eigenvalue weighted by Gasteiger charge is 2.43. The van der Waals surface area contributed by atoms with Crippen molar-refractivity contribution < 1.29 is 23.9 Å². The van der Waals surface area contributed by atoms with E-state index in [1.165, 1.54) is 16.8 Å². The highest BCUT2D eigenvalue weighted by molar-refractivity contribution is 5.94. The van der Waals surface area contributed by atoms with Crippen LogP contribution in [0.1, 0.15) is 66.2 Å². The van der Waals surface area contributed by atoms with Crippen molar-refractivity contribution in [3.05, 3.63) is 0 Å². The number of primary amides is 1. The molecule has 1 aliphatic heterocycles. The summed E-state index contributed by atoms with van der Waals surface area (Å²) in [5.41, 5.74) is 10.8. The van der Waals surface area contributed by atoms with Crippen LogP contribution in [0.2, 0.25) is 0 Å². The van der Waals surface area contributed by atoms with Gasteiger partial charge in [0.1, 0.15) is 23.7 Å². The van der Waals surface area contributed by atoms with Crippen LogP contribution in [-0.4, -0.2) is 77.0 Å². The number of rotatable bonds is 6. The van der Waals surface area contributed by atoms with E-state index in [1.54, 1.807) is 27.7 Å². The van der Waals surface area contributed by atoms with E-state index in [4.69, 9.17) is 16.2 Å². The molecule has 10 nitrogen and oxygen atoms in total. The van der Waals surface area contributed by atoms with E-state index >= 15 is 0 Å². The summed E-state index contributed by atoms with van der Waals surface area (Å²) in [6, 6.07) is -2.76. The maximum Gasteiger partial charge on any atom is 0.410 e. The molecule has 0 aromatic carbocycles. The third-order valence-electron chi connectivity index (χ3n) is 6.27. The van der Waals surface area contributed by atoms with Crippen molar-refractivity contribution in [3.8, 4) is 0 Å². The highest BCUT2D eigenvalue weighted by atomic mass is 16.6. The van der Waals surface area contributed by atoms with E-state index in [-0.39, 0.29) is 24.4 Å². The van der Waals surface area contributed by atoms with Gasteiger partial charge in [-0.3, -0.25) is 19.3 Å². The summed E-state index contributed by atoms with van der Waals surface area (Å²) >= 11 is 0. The fraction of sp³-hybridized carbons (Fsp3) is 0.818. The second kappa shape index (κ2) is 10.5. The lowest BCUT2D eigenvalue weighted by Crippen LogP contribution is -2.58. The normalized spacial score (nSPS) is 23.9. The summed E-state index contributed by atoms with van der Waals surface area (Å²) in [5, 5.41) is 2.86. The van der Waals surface area contributed by atoms with Gasteiger partial charge in [0.05, 0.1) is 0 Å². The molecule has 0 unspecified atom stereocenters. The molecule has 2 rings (SSSR count). The number of hydrogen-bond acceptors (Lipinski definition) is 6. The topological polar surface area (TPSA) is 148 Å². The molecule has 1 saturated heterocycles. The van der Waals surface area contributed by atoms with Crippen molar-refractivity contribution in [2.24, 2.45) is 17.4 Å². The largest absolute Gasteiger partial charge is 0.444 e. The van der Waals surface area contributed by atoms with Gasteiger partial charge in [-0.05, 0) is 52.9 Å². The summed E-state index contributed by atoms with van der Waals surface area (Å²) in [6.07, 6.45) is 4.31. The van der Waals surface area contributed by atoms with Gasteiger partial charge in [-0.25, -0.2) is 4.79 Å². The average Bonchev–Trinajstić information content (AvgIpc) is 3.11. The summed E-state index contributed by atoms with van der Waals surface area (Å²) in [5.74, 6) is -1.45. The van der Waals surface area contributed by atoms with Crippen molar-refractivity contribution in [2.45, 2.75) is 96.0 Å². The van der Waals surface area contributed by atoms with Crippen molar-refractivity contribution in [2.75, 3.05) is 13.6 Å². The summed E-state index contributed by atoms with van der Waals surface area (Å²) in [6.45, 7) is 7.05. The number of nitrogens with two attached hydrogens (primary N) is 2. The van der Waals surface area contributed by atoms with Crippen molar-refractivity contribution >= 4 is 23.8 Å². The number of hydrogen-bond donors (Lipinski definition) is 3. The first-order valence-corrected chi connectivity index (χ1v) is 11.4. The van der Waals surface area contributed by atoms with Gasteiger partial charge >= 0.3 is 6.09 Å². The van der Waals surface area contributed by atoms with Gasteiger partial charge in [-0.2, -0.15) is 0 Å². The zero-order valence-corrected chi connectivity index (χ0v) is 19.9. The molecule has 0 bridgehead atoms. The van der Waals surface area contributed by atoms with Crippen LogP contribution in [0.4, 0.5) is 4.79 Å². The second-order valence-corrected chi connectivity index (χ2v) is 10.1. The molecule has 2 aliphatic rings. The molecule has 1 saturated carbocycles. The zero-order chi connectivity index (χ0) is 24.2. The standard InChI is InChI=1S/C22H39N5O5/c1-13(26(5)21(31)32-22(2,3)4)19(29)25-17(14-9-7-6-8-10-14)20(30)27-12-15(23)11-16(27)18(24)28/h13-17H,6-12,23H2,1-5H3,(H2,24,28)(H,25,29)/t13-,15-,16-,17-/m0/s1. The zero-order valence-electron chi connectivity index (χ0n) is 19.9. The third kappa shape index (κ3) is 6.57. The van der Waals surface area contributed by atoms with E-state index in [1.807, 2.05) is 0 Å². The first kappa shape index (κ1) is 25.9. The fourth-order valence-corrected chi connectivity index (χ4v) is 4.35. The predicted octanol–water partition coefficient (Wildman–Crippen LogP) is 0.720. The Hall–Kier alpha value is -2.36. The third-order valence-corrected chi connectivity index (χ3v) is 6.27. The van der Waals surface area contributed by atoms with Gasteiger partial charge in [0.2, 0.25) is 17.7 Å². The first-order chi connectivity index (χ1) is 14.8. The van der Waals surface area contributed by atoms with Gasteiger partial charge in [-0.1, -0.05) is 19.3 Å². The van der Waals surface area contributed by atoms with E-state index in [0.717, 1.165) is 32.1 Å². The molecule has 5 N–H and O–H groups in total. The lowest BCUT2D eigenvalue weighted by Gasteiger charge is -2.35. The molecule has 182 valence electrons. The summed E-state index contributed by atoms with van der Waals surface area (Å²) in [7, 11) is 1.48. The van der Waals surface area contributed by atoms with Crippen molar-refractivity contribution in [1.82, 2.24) is 15.1 Å². The summed E-state index contributed by atoms with van der Waals surface area (Å²) in [4.78, 5) is 53.4. The molecule has 2 fully saturated rings. The van der Waals surface area contributed by atoms with Crippen LogP contribution in [0.5, 0.6) is 0 Å². The fourth-order valence-electron chi connectivity index (χ4n) is 4.35. The molecule has 0 spiro atoms. The molecule has 0 aromatic heterocycles. The van der Waals surface area contributed by atoms with Crippen LogP contribution in [0.25, 0.3) is 0 Å². The van der Waals surface area contributed by atoms with Crippen LogP contribution in [0.3, 0.4) is 0 Å². The van der Waals surface area contributed by atoms with Gasteiger partial charge in [0.15, 0.2) is 0 Å². The Labute approximate surface area is 190 Å². The number of ether oxygens (including phenoxy) is 1. The minimum atomic E-state index is -0.850. The second-order valence-electron chi connectivity index (χ2n) is 10.1. The van der Waals surface area contributed by atoms with Gasteiger partial charge in [0.25, 0.3) is 0 Å². The number of nitrogens with one attached hydrogen (secondary N) is 1. The SMILES string of the molecule is C[C@@H](C(=O)N[C@H](C(=O)N1C[C@@H](N)C[C@H]1C(N)=O)C1CCCCC1)N(C)C(=O)OC(C)(C)C. The van der Waals surface area contributed by atoms with E-state index in [0.29, 0.717) is 6.42 Å². The van der Waals surface area contributed by atoms with Crippen LogP contribution in [0.15, 0.2) is 0 Å². The molecular formula is C22H39N5O5. The van der Waals surface area contributed by atoms with Crippen molar-refractivity contribution in [1.29, 1.82) is 0 Å². The monoisotopic (exact) mass is 453 g/mol. The quantitative estimate of drug-likeness (QED) is 0.540. The number of amides is 4. The Morgan fingerprint density at radius 1 is 1.12 bits per heavy atom. The molecule has 4 amide bonds. The molecule has 4 atom stereocenters. The van der Waals surface area contributed by atoms with E-state index < -0.39 is 41.6 Å². The minimum Gasteiger partial charge on any atom is -0.444 e. The smallest absolute Gasteiger partial charge is 0.410 e. The van der Waals surface area contributed by atoms with Gasteiger partial charge < -0.3 is 26.4 Å². The van der Waals surface area contributed by atoms with Crippen LogP contribution < -0.4 is 16.8 Å². The Bertz CT molecular complexity index is 716. The molecule has 0 radical (unpaired) electrons. The molecular weight excluding hydrogens is 414 g/mol. The van der Waals surface area contributed by atoms with Gasteiger partial charge in [-0.15, -0.1) is 0 Å². The van der Waals surface area contributed by atoms with Crippen LogP contribution in [-0.2, 0) is 19.1 Å². The molecule has 32 heavy (non-hydrogen) atoms. The lowest BCUT2D eigenvalue weighted by molar-refractivity contribution is -0.142. The number of likely N-dealkylation sites (tertiary alicyclic amines) is 1. The molecule has 1 aliphatic carbocycles. The molecule has 0 aromatic rings.